The number of rotatable bonds is 7. The first-order valence-corrected chi connectivity index (χ1v) is 9.58. The zero-order chi connectivity index (χ0) is 21.5. The van der Waals surface area contributed by atoms with E-state index < -0.39 is 24.4 Å². The first kappa shape index (κ1) is 21.3. The molecule has 0 atom stereocenters. The molecule has 1 N–H and O–H groups in total. The van der Waals surface area contributed by atoms with Crippen molar-refractivity contribution < 1.29 is 19.1 Å². The van der Waals surface area contributed by atoms with Crippen LogP contribution in [-0.4, -0.2) is 47.9 Å². The summed E-state index contributed by atoms with van der Waals surface area (Å²) >= 11 is 6.00. The van der Waals surface area contributed by atoms with Gasteiger partial charge in [0, 0.05) is 18.6 Å². The van der Waals surface area contributed by atoms with E-state index in [9.17, 15) is 14.4 Å². The molecule has 0 bridgehead atoms. The van der Waals surface area contributed by atoms with Crippen LogP contribution >= 0.6 is 11.6 Å². The number of carbonyl (C=O) groups is 3. The summed E-state index contributed by atoms with van der Waals surface area (Å²) in [5, 5.41) is 3.95. The molecular formula is C22H20ClN3O4. The Morgan fingerprint density at radius 1 is 1.07 bits per heavy atom. The van der Waals surface area contributed by atoms with E-state index in [2.05, 4.69) is 10.3 Å². The third-order valence-corrected chi connectivity index (χ3v) is 4.69. The summed E-state index contributed by atoms with van der Waals surface area (Å²) in [6.07, 6.45) is 1.65. The highest BCUT2D eigenvalue weighted by Gasteiger charge is 2.16. The van der Waals surface area contributed by atoms with Gasteiger partial charge < -0.3 is 15.0 Å². The Morgan fingerprint density at radius 2 is 1.83 bits per heavy atom. The molecule has 0 saturated heterocycles. The lowest BCUT2D eigenvalue weighted by molar-refractivity contribution is -0.151. The minimum absolute atomic E-state index is 0.00165. The van der Waals surface area contributed by atoms with Gasteiger partial charge in [-0.15, -0.1) is 0 Å². The molecule has 0 aliphatic heterocycles. The van der Waals surface area contributed by atoms with Crippen LogP contribution in [-0.2, 0) is 25.5 Å². The van der Waals surface area contributed by atoms with Gasteiger partial charge in [0.25, 0.3) is 5.91 Å². The van der Waals surface area contributed by atoms with Gasteiger partial charge in [-0.1, -0.05) is 48.0 Å². The van der Waals surface area contributed by atoms with Crippen LogP contribution in [0.3, 0.4) is 0 Å². The minimum atomic E-state index is -0.546. The average molecular weight is 426 g/mol. The quantitative estimate of drug-likeness (QED) is 0.588. The number of anilines is 1. The Balaban J connectivity index is 1.49. The summed E-state index contributed by atoms with van der Waals surface area (Å²) in [5.41, 5.74) is 1.90. The van der Waals surface area contributed by atoms with E-state index in [0.29, 0.717) is 10.7 Å². The summed E-state index contributed by atoms with van der Waals surface area (Å²) in [4.78, 5) is 41.9. The lowest BCUT2D eigenvalue weighted by Crippen LogP contribution is -2.37. The fourth-order valence-corrected chi connectivity index (χ4v) is 3.01. The third-order valence-electron chi connectivity index (χ3n) is 4.36. The van der Waals surface area contributed by atoms with Crippen LogP contribution < -0.4 is 5.32 Å². The lowest BCUT2D eigenvalue weighted by Gasteiger charge is -2.17. The first-order chi connectivity index (χ1) is 14.4. The van der Waals surface area contributed by atoms with Crippen molar-refractivity contribution in [3.8, 4) is 0 Å². The minimum Gasteiger partial charge on any atom is -0.455 e. The Kier molecular flexibility index (Phi) is 6.98. The molecule has 1 heterocycles. The number of esters is 1. The van der Waals surface area contributed by atoms with Crippen LogP contribution in [0.25, 0.3) is 10.9 Å². The Labute approximate surface area is 178 Å². The predicted octanol–water partition coefficient (Wildman–Crippen LogP) is 3.07. The maximum Gasteiger partial charge on any atom is 0.310 e. The number of amides is 2. The second kappa shape index (κ2) is 9.84. The van der Waals surface area contributed by atoms with Crippen LogP contribution in [0.5, 0.6) is 0 Å². The van der Waals surface area contributed by atoms with Crippen molar-refractivity contribution in [2.24, 2.45) is 0 Å². The van der Waals surface area contributed by atoms with Crippen molar-refractivity contribution in [2.45, 2.75) is 6.42 Å². The largest absolute Gasteiger partial charge is 0.455 e. The van der Waals surface area contributed by atoms with Crippen LogP contribution in [0.2, 0.25) is 5.02 Å². The second-order valence-electron chi connectivity index (χ2n) is 6.61. The van der Waals surface area contributed by atoms with Crippen molar-refractivity contribution in [1.29, 1.82) is 0 Å². The number of nitrogens with zero attached hydrogens (tertiary/aromatic N) is 2. The molecule has 2 amide bonds. The molecule has 7 nitrogen and oxygen atoms in total. The SMILES string of the molecule is CN(CC(=O)Nc1ccccc1Cl)C(=O)COC(=O)Cc1cccc2cccnc12. The number of hydrogen-bond donors (Lipinski definition) is 1. The summed E-state index contributed by atoms with van der Waals surface area (Å²) in [6.45, 7) is -0.651. The summed E-state index contributed by atoms with van der Waals surface area (Å²) < 4.78 is 5.09. The lowest BCUT2D eigenvalue weighted by atomic mass is 10.1. The molecule has 30 heavy (non-hydrogen) atoms. The van der Waals surface area contributed by atoms with Gasteiger partial charge in [0.05, 0.1) is 29.2 Å². The fraction of sp³-hybridized carbons (Fsp3) is 0.182. The molecule has 154 valence electrons. The number of hydrogen-bond acceptors (Lipinski definition) is 5. The van der Waals surface area contributed by atoms with E-state index in [1.54, 1.807) is 36.5 Å². The van der Waals surface area contributed by atoms with E-state index in [1.807, 2.05) is 24.3 Å². The molecule has 0 spiro atoms. The third kappa shape index (κ3) is 5.55. The first-order valence-electron chi connectivity index (χ1n) is 9.20. The standard InChI is InChI=1S/C22H20ClN3O4/c1-26(13-19(27)25-18-10-3-2-9-17(18)23)20(28)14-30-21(29)12-16-7-4-6-15-8-5-11-24-22(15)16/h2-11H,12-14H2,1H3,(H,25,27). The molecular weight excluding hydrogens is 406 g/mol. The number of fused-ring (bicyclic) bond motifs is 1. The zero-order valence-corrected chi connectivity index (χ0v) is 17.1. The molecule has 0 unspecified atom stereocenters. The summed E-state index contributed by atoms with van der Waals surface area (Å²) in [7, 11) is 1.46. The van der Waals surface area contributed by atoms with Gasteiger partial charge >= 0.3 is 5.97 Å². The molecule has 0 radical (unpaired) electrons. The Morgan fingerprint density at radius 3 is 2.63 bits per heavy atom. The number of ether oxygens (including phenoxy) is 1. The molecule has 3 rings (SSSR count). The van der Waals surface area contributed by atoms with Crippen LogP contribution in [0.1, 0.15) is 5.56 Å². The molecule has 3 aromatic rings. The maximum atomic E-state index is 12.2. The second-order valence-corrected chi connectivity index (χ2v) is 7.01. The highest BCUT2D eigenvalue weighted by Crippen LogP contribution is 2.20. The molecule has 0 aliphatic rings. The van der Waals surface area contributed by atoms with Crippen LogP contribution in [0.15, 0.2) is 60.8 Å². The fourth-order valence-electron chi connectivity index (χ4n) is 2.82. The highest BCUT2D eigenvalue weighted by atomic mass is 35.5. The van der Waals surface area contributed by atoms with Crippen molar-refractivity contribution in [2.75, 3.05) is 25.5 Å². The van der Waals surface area contributed by atoms with Gasteiger partial charge in [0.2, 0.25) is 5.91 Å². The summed E-state index contributed by atoms with van der Waals surface area (Å²) in [5.74, 6) is -1.45. The van der Waals surface area contributed by atoms with Gasteiger partial charge in [-0.3, -0.25) is 19.4 Å². The number of carbonyl (C=O) groups excluding carboxylic acids is 3. The van der Waals surface area contributed by atoms with Gasteiger partial charge in [-0.25, -0.2) is 0 Å². The predicted molar refractivity (Wildman–Crippen MR) is 114 cm³/mol. The monoisotopic (exact) mass is 425 g/mol. The van der Waals surface area contributed by atoms with Crippen LogP contribution in [0, 0.1) is 0 Å². The number of aromatic nitrogens is 1. The number of para-hydroxylation sites is 2. The molecule has 0 fully saturated rings. The van der Waals surface area contributed by atoms with Gasteiger partial charge in [-0.2, -0.15) is 0 Å². The number of nitrogens with one attached hydrogen (secondary N) is 1. The molecule has 1 aromatic heterocycles. The van der Waals surface area contributed by atoms with Gasteiger partial charge in [0.15, 0.2) is 6.61 Å². The van der Waals surface area contributed by atoms with E-state index >= 15 is 0 Å². The highest BCUT2D eigenvalue weighted by molar-refractivity contribution is 6.33. The average Bonchev–Trinajstić information content (AvgIpc) is 2.74. The normalized spacial score (nSPS) is 10.5. The Hall–Kier alpha value is -3.45. The van der Waals surface area contributed by atoms with E-state index in [0.717, 1.165) is 16.5 Å². The molecule has 8 heteroatoms. The van der Waals surface area contributed by atoms with Crippen molar-refractivity contribution in [3.63, 3.8) is 0 Å². The topological polar surface area (TPSA) is 88.6 Å². The number of likely N-dealkylation sites (N-methyl/N-ethyl adjacent to an activating group) is 1. The molecule has 0 aliphatic carbocycles. The zero-order valence-electron chi connectivity index (χ0n) is 16.3. The van der Waals surface area contributed by atoms with Gasteiger partial charge in [0.1, 0.15) is 0 Å². The molecule has 0 saturated carbocycles. The van der Waals surface area contributed by atoms with Crippen molar-refractivity contribution >= 4 is 46.0 Å². The molecule has 2 aromatic carbocycles. The summed E-state index contributed by atoms with van der Waals surface area (Å²) in [6, 6.07) is 16.1. The smallest absolute Gasteiger partial charge is 0.310 e. The van der Waals surface area contributed by atoms with E-state index in [4.69, 9.17) is 16.3 Å². The number of pyridine rings is 1. The number of halogens is 1. The number of benzene rings is 2. The Bertz CT molecular complexity index is 1080. The van der Waals surface area contributed by atoms with Gasteiger partial charge in [-0.05, 0) is 23.8 Å². The van der Waals surface area contributed by atoms with Crippen molar-refractivity contribution in [1.82, 2.24) is 9.88 Å². The van der Waals surface area contributed by atoms with E-state index in [1.165, 1.54) is 11.9 Å². The van der Waals surface area contributed by atoms with Crippen molar-refractivity contribution in [3.05, 3.63) is 71.4 Å². The van der Waals surface area contributed by atoms with Crippen LogP contribution in [0.4, 0.5) is 5.69 Å². The van der Waals surface area contributed by atoms with E-state index in [-0.39, 0.29) is 13.0 Å². The maximum absolute atomic E-state index is 12.2.